The lowest BCUT2D eigenvalue weighted by atomic mass is 9.75. The van der Waals surface area contributed by atoms with Crippen LogP contribution in [0.5, 0.6) is 0 Å². The Kier molecular flexibility index (Phi) is 6.92. The van der Waals surface area contributed by atoms with Gasteiger partial charge in [0.25, 0.3) is 0 Å². The van der Waals surface area contributed by atoms with Crippen LogP contribution in [0.1, 0.15) is 30.6 Å². The van der Waals surface area contributed by atoms with Crippen LogP contribution < -0.4 is 0 Å². The lowest BCUT2D eigenvalue weighted by molar-refractivity contribution is -0.147. The molecule has 0 aliphatic carbocycles. The zero-order valence-corrected chi connectivity index (χ0v) is 19.4. The van der Waals surface area contributed by atoms with Gasteiger partial charge in [-0.3, -0.25) is 9.59 Å². The fourth-order valence-corrected chi connectivity index (χ4v) is 4.74. The summed E-state index contributed by atoms with van der Waals surface area (Å²) in [5.74, 6) is 0.792. The normalized spacial score (nSPS) is 18.2. The lowest BCUT2D eigenvalue weighted by Gasteiger charge is -2.42. The number of benzene rings is 2. The number of amides is 2. The van der Waals surface area contributed by atoms with Crippen LogP contribution in [0.3, 0.4) is 0 Å². The number of piperidine rings is 1. The van der Waals surface area contributed by atoms with Crippen molar-refractivity contribution < 1.29 is 14.1 Å². The molecule has 0 spiro atoms. The Hall–Kier alpha value is -3.41. The molecule has 1 aliphatic heterocycles. The van der Waals surface area contributed by atoms with Crippen LogP contribution in [0.25, 0.3) is 11.3 Å². The quantitative estimate of drug-likeness (QED) is 0.546. The van der Waals surface area contributed by atoms with Crippen LogP contribution in [0.4, 0.5) is 0 Å². The zero-order valence-electron chi connectivity index (χ0n) is 19.4. The second-order valence-electron chi connectivity index (χ2n) is 9.11. The molecule has 1 fully saturated rings. The maximum atomic E-state index is 13.4. The first-order valence-electron chi connectivity index (χ1n) is 11.5. The molecule has 0 unspecified atom stereocenters. The molecule has 2 heterocycles. The van der Waals surface area contributed by atoms with Crippen LogP contribution in [-0.2, 0) is 22.4 Å². The number of likely N-dealkylation sites (tertiary alicyclic amines) is 1. The van der Waals surface area contributed by atoms with E-state index in [2.05, 4.69) is 5.16 Å². The molecule has 33 heavy (non-hydrogen) atoms. The minimum atomic E-state index is -0.711. The summed E-state index contributed by atoms with van der Waals surface area (Å²) in [6, 6.07) is 21.8. The van der Waals surface area contributed by atoms with Crippen molar-refractivity contribution in [3.8, 4) is 11.3 Å². The van der Waals surface area contributed by atoms with Gasteiger partial charge in [-0.1, -0.05) is 65.8 Å². The SMILES string of the molecule is CN(C)C(=O)[C@@]1(Cc2cc(-c3ccccc3)no2)CCCN(C(=O)CCc2ccccc2)C1. The molecule has 3 aromatic rings. The van der Waals surface area contributed by atoms with Crippen molar-refractivity contribution in [2.45, 2.75) is 32.1 Å². The largest absolute Gasteiger partial charge is 0.361 e. The predicted octanol–water partition coefficient (Wildman–Crippen LogP) is 4.21. The Labute approximate surface area is 195 Å². The van der Waals surface area contributed by atoms with Gasteiger partial charge in [0, 0.05) is 51.7 Å². The molecular formula is C27H31N3O3. The van der Waals surface area contributed by atoms with Gasteiger partial charge in [-0.05, 0) is 24.8 Å². The third kappa shape index (κ3) is 5.33. The second-order valence-corrected chi connectivity index (χ2v) is 9.11. The molecular weight excluding hydrogens is 414 g/mol. The van der Waals surface area contributed by atoms with E-state index in [4.69, 9.17) is 4.52 Å². The molecule has 0 radical (unpaired) electrons. The second kappa shape index (κ2) is 10.0. The summed E-state index contributed by atoms with van der Waals surface area (Å²) >= 11 is 0. The van der Waals surface area contributed by atoms with E-state index in [1.807, 2.05) is 71.6 Å². The minimum Gasteiger partial charge on any atom is -0.361 e. The summed E-state index contributed by atoms with van der Waals surface area (Å²) in [5.41, 5.74) is 2.16. The fourth-order valence-electron chi connectivity index (χ4n) is 4.74. The van der Waals surface area contributed by atoms with Gasteiger partial charge in [-0.2, -0.15) is 0 Å². The molecule has 2 aromatic carbocycles. The topological polar surface area (TPSA) is 66.7 Å². The molecule has 4 rings (SSSR count). The molecule has 6 nitrogen and oxygen atoms in total. The number of aryl methyl sites for hydroxylation is 1. The van der Waals surface area contributed by atoms with Crippen molar-refractivity contribution >= 4 is 11.8 Å². The maximum absolute atomic E-state index is 13.4. The molecule has 0 bridgehead atoms. The molecule has 0 saturated carbocycles. The van der Waals surface area contributed by atoms with Gasteiger partial charge in [0.15, 0.2) is 0 Å². The van der Waals surface area contributed by atoms with Crippen molar-refractivity contribution in [1.29, 1.82) is 0 Å². The van der Waals surface area contributed by atoms with Crippen LogP contribution in [0.15, 0.2) is 71.3 Å². The smallest absolute Gasteiger partial charge is 0.230 e. The van der Waals surface area contributed by atoms with Gasteiger partial charge >= 0.3 is 0 Å². The third-order valence-electron chi connectivity index (χ3n) is 6.40. The van der Waals surface area contributed by atoms with Crippen molar-refractivity contribution in [2.24, 2.45) is 5.41 Å². The fraction of sp³-hybridized carbons (Fsp3) is 0.370. The van der Waals surface area contributed by atoms with Gasteiger partial charge in [0.05, 0.1) is 5.41 Å². The molecule has 2 amide bonds. The highest BCUT2D eigenvalue weighted by atomic mass is 16.5. The van der Waals surface area contributed by atoms with Gasteiger partial charge < -0.3 is 14.3 Å². The minimum absolute atomic E-state index is 0.0284. The average Bonchev–Trinajstić information content (AvgIpc) is 3.31. The van der Waals surface area contributed by atoms with Crippen molar-refractivity contribution in [3.05, 3.63) is 78.1 Å². The van der Waals surface area contributed by atoms with Crippen molar-refractivity contribution in [3.63, 3.8) is 0 Å². The maximum Gasteiger partial charge on any atom is 0.230 e. The monoisotopic (exact) mass is 445 g/mol. The highest BCUT2D eigenvalue weighted by Crippen LogP contribution is 2.36. The van der Waals surface area contributed by atoms with Gasteiger partial charge in [0.2, 0.25) is 11.8 Å². The number of carbonyl (C=O) groups excluding carboxylic acids is 2. The van der Waals surface area contributed by atoms with E-state index < -0.39 is 5.41 Å². The molecule has 1 aliphatic rings. The third-order valence-corrected chi connectivity index (χ3v) is 6.40. The Morgan fingerprint density at radius 1 is 1.06 bits per heavy atom. The van der Waals surface area contributed by atoms with Crippen molar-refractivity contribution in [1.82, 2.24) is 15.0 Å². The van der Waals surface area contributed by atoms with Crippen LogP contribution in [0.2, 0.25) is 0 Å². The van der Waals surface area contributed by atoms with Crippen LogP contribution in [-0.4, -0.2) is 54.0 Å². The standard InChI is InChI=1S/C27H31N3O3/c1-29(2)26(32)27(19-23-18-24(28-33-23)22-12-7-4-8-13-22)16-9-17-30(20-27)25(31)15-14-21-10-5-3-6-11-21/h3-8,10-13,18H,9,14-17,19-20H2,1-2H3/t27-/m1/s1. The van der Waals surface area contributed by atoms with Gasteiger partial charge in [-0.25, -0.2) is 0 Å². The molecule has 0 N–H and O–H groups in total. The lowest BCUT2D eigenvalue weighted by Crippen LogP contribution is -2.54. The number of aromatic nitrogens is 1. The molecule has 1 aromatic heterocycles. The molecule has 6 heteroatoms. The average molecular weight is 446 g/mol. The summed E-state index contributed by atoms with van der Waals surface area (Å²) in [5, 5.41) is 4.22. The zero-order chi connectivity index (χ0) is 23.3. The Bertz CT molecular complexity index is 1080. The van der Waals surface area contributed by atoms with Crippen LogP contribution >= 0.6 is 0 Å². The van der Waals surface area contributed by atoms with E-state index in [0.29, 0.717) is 44.5 Å². The Morgan fingerprint density at radius 3 is 2.45 bits per heavy atom. The number of nitrogens with zero attached hydrogens (tertiary/aromatic N) is 3. The van der Waals surface area contributed by atoms with Gasteiger partial charge in [0.1, 0.15) is 11.5 Å². The first kappa shape index (κ1) is 22.8. The van der Waals surface area contributed by atoms with E-state index in [1.165, 1.54) is 0 Å². The molecule has 1 atom stereocenters. The van der Waals surface area contributed by atoms with E-state index >= 15 is 0 Å². The number of hydrogen-bond donors (Lipinski definition) is 0. The van der Waals surface area contributed by atoms with E-state index in [-0.39, 0.29) is 11.8 Å². The number of hydrogen-bond acceptors (Lipinski definition) is 4. The first-order chi connectivity index (χ1) is 16.0. The summed E-state index contributed by atoms with van der Waals surface area (Å²) < 4.78 is 5.65. The van der Waals surface area contributed by atoms with Crippen LogP contribution in [0, 0.1) is 5.41 Å². The van der Waals surface area contributed by atoms with Crippen molar-refractivity contribution in [2.75, 3.05) is 27.2 Å². The van der Waals surface area contributed by atoms with E-state index in [1.54, 1.807) is 19.0 Å². The number of carbonyl (C=O) groups is 2. The molecule has 1 saturated heterocycles. The Balaban J connectivity index is 1.51. The summed E-state index contributed by atoms with van der Waals surface area (Å²) in [6.45, 7) is 1.08. The summed E-state index contributed by atoms with van der Waals surface area (Å²) in [7, 11) is 3.55. The highest BCUT2D eigenvalue weighted by molar-refractivity contribution is 5.84. The Morgan fingerprint density at radius 2 is 1.76 bits per heavy atom. The predicted molar refractivity (Wildman–Crippen MR) is 127 cm³/mol. The van der Waals surface area contributed by atoms with Gasteiger partial charge in [-0.15, -0.1) is 0 Å². The highest BCUT2D eigenvalue weighted by Gasteiger charge is 2.45. The summed E-state index contributed by atoms with van der Waals surface area (Å²) in [4.78, 5) is 29.9. The molecule has 172 valence electrons. The van der Waals surface area contributed by atoms with E-state index in [9.17, 15) is 9.59 Å². The first-order valence-corrected chi connectivity index (χ1v) is 11.5. The summed E-state index contributed by atoms with van der Waals surface area (Å²) in [6.07, 6.45) is 3.07. The number of rotatable bonds is 7. The van der Waals surface area contributed by atoms with E-state index in [0.717, 1.165) is 23.2 Å².